The lowest BCUT2D eigenvalue weighted by molar-refractivity contribution is -0.132. The number of amides is 1. The van der Waals surface area contributed by atoms with E-state index in [9.17, 15) is 4.79 Å². The summed E-state index contributed by atoms with van der Waals surface area (Å²) in [6, 6.07) is 0.479. The van der Waals surface area contributed by atoms with E-state index in [0.29, 0.717) is 18.4 Å². The zero-order valence-electron chi connectivity index (χ0n) is 10.2. The number of likely N-dealkylation sites (tertiary alicyclic amines) is 1. The van der Waals surface area contributed by atoms with Gasteiger partial charge >= 0.3 is 0 Å². The van der Waals surface area contributed by atoms with Gasteiger partial charge < -0.3 is 10.6 Å². The molecule has 0 aromatic heterocycles. The summed E-state index contributed by atoms with van der Waals surface area (Å²) in [5.41, 5.74) is 5.92. The van der Waals surface area contributed by atoms with Crippen LogP contribution in [0.2, 0.25) is 0 Å². The van der Waals surface area contributed by atoms with Gasteiger partial charge in [0.15, 0.2) is 0 Å². The van der Waals surface area contributed by atoms with E-state index < -0.39 is 0 Å². The van der Waals surface area contributed by atoms with E-state index in [1.807, 2.05) is 4.90 Å². The second-order valence-electron chi connectivity index (χ2n) is 4.90. The van der Waals surface area contributed by atoms with Gasteiger partial charge in [-0.05, 0) is 25.2 Å². The van der Waals surface area contributed by atoms with Crippen LogP contribution in [0.25, 0.3) is 0 Å². The zero-order valence-corrected chi connectivity index (χ0v) is 10.2. The summed E-state index contributed by atoms with van der Waals surface area (Å²) in [5.74, 6) is 0.636. The van der Waals surface area contributed by atoms with Gasteiger partial charge in [0.1, 0.15) is 0 Å². The third-order valence-electron chi connectivity index (χ3n) is 3.44. The summed E-state index contributed by atoms with van der Waals surface area (Å²) >= 11 is 0. The van der Waals surface area contributed by atoms with Crippen molar-refractivity contribution in [3.63, 3.8) is 0 Å². The van der Waals surface area contributed by atoms with Crippen molar-refractivity contribution in [2.75, 3.05) is 6.54 Å². The molecule has 0 saturated carbocycles. The average molecular weight is 212 g/mol. The highest BCUT2D eigenvalue weighted by Crippen LogP contribution is 2.21. The number of hydrogen-bond acceptors (Lipinski definition) is 2. The zero-order chi connectivity index (χ0) is 11.4. The first kappa shape index (κ1) is 12.5. The highest BCUT2D eigenvalue weighted by Gasteiger charge is 2.28. The molecular formula is C12H24N2O. The van der Waals surface area contributed by atoms with Crippen LogP contribution in [0.4, 0.5) is 0 Å². The van der Waals surface area contributed by atoms with Gasteiger partial charge in [-0.2, -0.15) is 0 Å². The molecule has 1 aliphatic heterocycles. The Kier molecular flexibility index (Phi) is 4.58. The van der Waals surface area contributed by atoms with E-state index in [4.69, 9.17) is 5.73 Å². The second-order valence-corrected chi connectivity index (χ2v) is 4.90. The van der Waals surface area contributed by atoms with Crippen LogP contribution in [-0.2, 0) is 4.79 Å². The average Bonchev–Trinajstić information content (AvgIpc) is 2.64. The summed E-state index contributed by atoms with van der Waals surface area (Å²) in [6.07, 6.45) is 3.90. The highest BCUT2D eigenvalue weighted by atomic mass is 16.2. The molecule has 1 amide bonds. The van der Waals surface area contributed by atoms with Gasteiger partial charge in [-0.15, -0.1) is 0 Å². The van der Waals surface area contributed by atoms with Crippen LogP contribution in [0.5, 0.6) is 0 Å². The lowest BCUT2D eigenvalue weighted by Gasteiger charge is -2.26. The molecule has 15 heavy (non-hydrogen) atoms. The predicted octanol–water partition coefficient (Wildman–Crippen LogP) is 1.76. The quantitative estimate of drug-likeness (QED) is 0.772. The van der Waals surface area contributed by atoms with Gasteiger partial charge in [-0.1, -0.05) is 20.8 Å². The van der Waals surface area contributed by atoms with Crippen LogP contribution in [0.3, 0.4) is 0 Å². The molecule has 2 N–H and O–H groups in total. The number of nitrogens with two attached hydrogens (primary N) is 1. The topological polar surface area (TPSA) is 46.3 Å². The van der Waals surface area contributed by atoms with Gasteiger partial charge in [-0.25, -0.2) is 0 Å². The molecule has 0 aromatic rings. The van der Waals surface area contributed by atoms with Crippen molar-refractivity contribution in [3.8, 4) is 0 Å². The van der Waals surface area contributed by atoms with Gasteiger partial charge in [-0.3, -0.25) is 4.79 Å². The molecule has 3 heteroatoms. The number of nitrogens with zero attached hydrogens (tertiary/aromatic N) is 1. The molecule has 0 spiro atoms. The van der Waals surface area contributed by atoms with Crippen LogP contribution in [-0.4, -0.2) is 29.4 Å². The van der Waals surface area contributed by atoms with Crippen LogP contribution < -0.4 is 5.73 Å². The number of carbonyl (C=O) groups is 1. The van der Waals surface area contributed by atoms with E-state index in [1.54, 1.807) is 0 Å². The smallest absolute Gasteiger partial charge is 0.224 e. The Balaban J connectivity index is 2.46. The molecule has 88 valence electrons. The number of hydrogen-bond donors (Lipinski definition) is 1. The van der Waals surface area contributed by atoms with Crippen LogP contribution in [0.1, 0.15) is 46.5 Å². The standard InChI is InChI=1S/C12H24N2O/c1-4-10-6-5-7-14(10)12(15)8-11(13)9(2)3/h9-11H,4-8,13H2,1-3H3. The summed E-state index contributed by atoms with van der Waals surface area (Å²) in [6.45, 7) is 7.22. The fraction of sp³-hybridized carbons (Fsp3) is 0.917. The van der Waals surface area contributed by atoms with Crippen molar-refractivity contribution in [2.45, 2.75) is 58.5 Å². The first-order chi connectivity index (χ1) is 7.06. The normalized spacial score (nSPS) is 23.5. The third kappa shape index (κ3) is 3.20. The van der Waals surface area contributed by atoms with Crippen LogP contribution in [0.15, 0.2) is 0 Å². The maximum absolute atomic E-state index is 12.0. The summed E-state index contributed by atoms with van der Waals surface area (Å²) in [4.78, 5) is 14.0. The third-order valence-corrected chi connectivity index (χ3v) is 3.44. The Morgan fingerprint density at radius 2 is 2.20 bits per heavy atom. The summed E-state index contributed by atoms with van der Waals surface area (Å²) < 4.78 is 0. The Bertz CT molecular complexity index is 216. The summed E-state index contributed by atoms with van der Waals surface area (Å²) in [7, 11) is 0. The SMILES string of the molecule is CCC1CCCN1C(=O)CC(N)C(C)C. The van der Waals surface area contributed by atoms with E-state index in [2.05, 4.69) is 20.8 Å². The number of rotatable bonds is 4. The molecule has 1 fully saturated rings. The molecule has 2 unspecified atom stereocenters. The lowest BCUT2D eigenvalue weighted by atomic mass is 10.0. The molecule has 1 heterocycles. The van der Waals surface area contributed by atoms with Crippen LogP contribution >= 0.6 is 0 Å². The molecular weight excluding hydrogens is 188 g/mol. The van der Waals surface area contributed by atoms with E-state index in [-0.39, 0.29) is 11.9 Å². The second kappa shape index (κ2) is 5.50. The molecule has 2 atom stereocenters. The fourth-order valence-electron chi connectivity index (χ4n) is 2.14. The van der Waals surface area contributed by atoms with E-state index in [1.165, 1.54) is 6.42 Å². The monoisotopic (exact) mass is 212 g/mol. The Morgan fingerprint density at radius 1 is 1.53 bits per heavy atom. The molecule has 3 nitrogen and oxygen atoms in total. The molecule has 1 saturated heterocycles. The Labute approximate surface area is 93.0 Å². The van der Waals surface area contributed by atoms with Crippen molar-refractivity contribution < 1.29 is 4.79 Å². The molecule has 0 aromatic carbocycles. The van der Waals surface area contributed by atoms with Gasteiger partial charge in [0, 0.05) is 25.0 Å². The molecule has 0 aliphatic carbocycles. The lowest BCUT2D eigenvalue weighted by Crippen LogP contribution is -2.40. The van der Waals surface area contributed by atoms with Gasteiger partial charge in [0.25, 0.3) is 0 Å². The first-order valence-electron chi connectivity index (χ1n) is 6.11. The first-order valence-corrected chi connectivity index (χ1v) is 6.11. The van der Waals surface area contributed by atoms with Crippen molar-refractivity contribution >= 4 is 5.91 Å². The Hall–Kier alpha value is -0.570. The highest BCUT2D eigenvalue weighted by molar-refractivity contribution is 5.77. The van der Waals surface area contributed by atoms with Crippen LogP contribution in [0, 0.1) is 5.92 Å². The van der Waals surface area contributed by atoms with E-state index in [0.717, 1.165) is 19.4 Å². The van der Waals surface area contributed by atoms with Gasteiger partial charge in [0.05, 0.1) is 0 Å². The molecule has 0 radical (unpaired) electrons. The van der Waals surface area contributed by atoms with E-state index >= 15 is 0 Å². The minimum absolute atomic E-state index is 0.00982. The molecule has 1 rings (SSSR count). The minimum Gasteiger partial charge on any atom is -0.340 e. The molecule has 0 bridgehead atoms. The van der Waals surface area contributed by atoms with Crippen molar-refractivity contribution in [1.29, 1.82) is 0 Å². The fourth-order valence-corrected chi connectivity index (χ4v) is 2.14. The summed E-state index contributed by atoms with van der Waals surface area (Å²) in [5, 5.41) is 0. The van der Waals surface area contributed by atoms with Crippen molar-refractivity contribution in [1.82, 2.24) is 4.90 Å². The maximum Gasteiger partial charge on any atom is 0.224 e. The number of carbonyl (C=O) groups excluding carboxylic acids is 1. The Morgan fingerprint density at radius 3 is 2.73 bits per heavy atom. The van der Waals surface area contributed by atoms with Crippen molar-refractivity contribution in [2.24, 2.45) is 11.7 Å². The molecule has 1 aliphatic rings. The van der Waals surface area contributed by atoms with Crippen molar-refractivity contribution in [3.05, 3.63) is 0 Å². The largest absolute Gasteiger partial charge is 0.340 e. The maximum atomic E-state index is 12.0. The van der Waals surface area contributed by atoms with Gasteiger partial charge in [0.2, 0.25) is 5.91 Å². The predicted molar refractivity (Wildman–Crippen MR) is 62.5 cm³/mol. The minimum atomic E-state index is 0.00982.